The van der Waals surface area contributed by atoms with E-state index in [9.17, 15) is 19.7 Å². The molecule has 3 fully saturated rings. The number of para-hydroxylation sites is 1. The van der Waals surface area contributed by atoms with Crippen LogP contribution in [0.3, 0.4) is 0 Å². The molecule has 1 aliphatic heterocycles. The highest BCUT2D eigenvalue weighted by atomic mass is 16.6. The molecule has 7 atom stereocenters. The fourth-order valence-electron chi connectivity index (χ4n) is 8.58. The van der Waals surface area contributed by atoms with Crippen LogP contribution >= 0.6 is 0 Å². The van der Waals surface area contributed by atoms with Crippen LogP contribution in [0.1, 0.15) is 70.8 Å². The summed E-state index contributed by atoms with van der Waals surface area (Å²) in [6.45, 7) is 4.75. The van der Waals surface area contributed by atoms with Crippen molar-refractivity contribution >= 4 is 17.5 Å². The van der Waals surface area contributed by atoms with Gasteiger partial charge in [0, 0.05) is 42.6 Å². The third-order valence-electron chi connectivity index (χ3n) is 10.5. The molecule has 3 aliphatic carbocycles. The molecule has 194 valence electrons. The van der Waals surface area contributed by atoms with E-state index in [0.717, 1.165) is 38.5 Å². The number of amides is 2. The van der Waals surface area contributed by atoms with Gasteiger partial charge in [-0.1, -0.05) is 38.1 Å². The molecule has 7 heteroatoms. The van der Waals surface area contributed by atoms with Gasteiger partial charge < -0.3 is 10.2 Å². The number of likely N-dealkylation sites (N-methyl/N-ethyl adjacent to an activating group) is 1. The smallest absolute Gasteiger partial charge is 0.272 e. The Morgan fingerprint density at radius 1 is 1.14 bits per heavy atom. The van der Waals surface area contributed by atoms with Gasteiger partial charge in [0.05, 0.1) is 4.92 Å². The summed E-state index contributed by atoms with van der Waals surface area (Å²) < 4.78 is 0. The molecule has 3 saturated carbocycles. The van der Waals surface area contributed by atoms with Gasteiger partial charge in [0.2, 0.25) is 11.8 Å². The number of nitrogens with one attached hydrogen (secondary N) is 1. The van der Waals surface area contributed by atoms with Crippen molar-refractivity contribution in [1.82, 2.24) is 10.2 Å². The van der Waals surface area contributed by atoms with Crippen molar-refractivity contribution in [3.8, 4) is 0 Å². The summed E-state index contributed by atoms with van der Waals surface area (Å²) >= 11 is 0. The van der Waals surface area contributed by atoms with Gasteiger partial charge in [0.1, 0.15) is 0 Å². The monoisotopic (exact) mass is 493 g/mol. The number of nitro groups is 1. The highest BCUT2D eigenvalue weighted by Gasteiger charge is 2.60. The second-order valence-corrected chi connectivity index (χ2v) is 12.1. The zero-order valence-corrected chi connectivity index (χ0v) is 21.7. The van der Waals surface area contributed by atoms with E-state index < -0.39 is 0 Å². The van der Waals surface area contributed by atoms with Crippen molar-refractivity contribution in [3.05, 3.63) is 52.1 Å². The van der Waals surface area contributed by atoms with Crippen LogP contribution in [0.4, 0.5) is 5.69 Å². The SMILES string of the molecule is CN1C(=O)C=C[C@@]2(C)C1CC[C@@H]1[C@H]2CC[C@]2(C)C(NC(=O)CCCc3ccccc3[N+](=O)[O-])CC[C@@H]12. The van der Waals surface area contributed by atoms with Crippen molar-refractivity contribution < 1.29 is 14.5 Å². The van der Waals surface area contributed by atoms with Gasteiger partial charge in [-0.2, -0.15) is 0 Å². The Bertz CT molecular complexity index is 1090. The van der Waals surface area contributed by atoms with Crippen molar-refractivity contribution in [3.63, 3.8) is 0 Å². The number of aryl methyl sites for hydroxylation is 1. The van der Waals surface area contributed by atoms with Gasteiger partial charge in [-0.15, -0.1) is 0 Å². The third kappa shape index (κ3) is 4.04. The summed E-state index contributed by atoms with van der Waals surface area (Å²) in [4.78, 5) is 38.1. The largest absolute Gasteiger partial charge is 0.353 e. The lowest BCUT2D eigenvalue weighted by molar-refractivity contribution is -0.385. The number of rotatable bonds is 6. The predicted octanol–water partition coefficient (Wildman–Crippen LogP) is 5.04. The number of benzene rings is 1. The zero-order valence-electron chi connectivity index (χ0n) is 21.7. The summed E-state index contributed by atoms with van der Waals surface area (Å²) in [5.41, 5.74) is 0.967. The molecule has 5 rings (SSSR count). The molecule has 1 N–H and O–H groups in total. The molecule has 2 unspecified atom stereocenters. The molecule has 0 aromatic heterocycles. The highest BCUT2D eigenvalue weighted by molar-refractivity contribution is 5.89. The van der Waals surface area contributed by atoms with Crippen LogP contribution in [-0.4, -0.2) is 40.8 Å². The molecule has 0 radical (unpaired) electrons. The normalized spacial score (nSPS) is 37.1. The number of nitro benzene ring substituents is 1. The van der Waals surface area contributed by atoms with Crippen LogP contribution < -0.4 is 5.32 Å². The molecule has 0 bridgehead atoms. The summed E-state index contributed by atoms with van der Waals surface area (Å²) in [6.07, 6.45) is 12.2. The zero-order chi connectivity index (χ0) is 25.7. The lowest BCUT2D eigenvalue weighted by Gasteiger charge is -2.60. The minimum Gasteiger partial charge on any atom is -0.353 e. The van der Waals surface area contributed by atoms with Crippen LogP contribution in [0, 0.1) is 38.7 Å². The Morgan fingerprint density at radius 2 is 1.92 bits per heavy atom. The average molecular weight is 494 g/mol. The summed E-state index contributed by atoms with van der Waals surface area (Å²) in [5, 5.41) is 14.6. The summed E-state index contributed by atoms with van der Waals surface area (Å²) in [7, 11) is 1.96. The second-order valence-electron chi connectivity index (χ2n) is 12.1. The van der Waals surface area contributed by atoms with Crippen LogP contribution in [0.25, 0.3) is 0 Å². The Kier molecular flexibility index (Phi) is 6.46. The third-order valence-corrected chi connectivity index (χ3v) is 10.5. The van der Waals surface area contributed by atoms with Crippen LogP contribution in [0.5, 0.6) is 0 Å². The second kappa shape index (κ2) is 9.31. The first-order chi connectivity index (χ1) is 17.1. The molecule has 2 amide bonds. The van der Waals surface area contributed by atoms with Crippen molar-refractivity contribution in [2.45, 2.75) is 83.7 Å². The fourth-order valence-corrected chi connectivity index (χ4v) is 8.58. The average Bonchev–Trinajstić information content (AvgIpc) is 3.18. The first-order valence-corrected chi connectivity index (χ1v) is 13.6. The molecule has 7 nitrogen and oxygen atoms in total. The molecular weight excluding hydrogens is 454 g/mol. The van der Waals surface area contributed by atoms with Crippen LogP contribution in [-0.2, 0) is 16.0 Å². The van der Waals surface area contributed by atoms with E-state index in [2.05, 4.69) is 25.2 Å². The standard InChI is InChI=1S/C29H39N3O4/c1-28-17-15-22-20(11-14-25-29(22,2)18-16-27(34)31(25)3)21(28)12-13-24(28)30-26(33)10-6-8-19-7-4-5-9-23(19)32(35)36/h4-5,7,9,16,18,20-22,24-25H,6,8,10-15,17H2,1-3H3,(H,30,33)/t20-,21-,22+,24?,25?,28-,29+/m0/s1. The Morgan fingerprint density at radius 3 is 2.69 bits per heavy atom. The number of carbonyl (C=O) groups is 2. The number of hydrogen-bond donors (Lipinski definition) is 1. The number of fused-ring (bicyclic) bond motifs is 5. The van der Waals surface area contributed by atoms with Crippen molar-refractivity contribution in [2.75, 3.05) is 7.05 Å². The number of nitrogens with zero attached hydrogens (tertiary/aromatic N) is 2. The quantitative estimate of drug-likeness (QED) is 0.444. The first kappa shape index (κ1) is 25.0. The Balaban J connectivity index is 1.21. The minimum atomic E-state index is -0.349. The predicted molar refractivity (Wildman–Crippen MR) is 138 cm³/mol. The molecule has 1 heterocycles. The van der Waals surface area contributed by atoms with Crippen LogP contribution in [0.2, 0.25) is 0 Å². The van der Waals surface area contributed by atoms with E-state index in [4.69, 9.17) is 0 Å². The van der Waals surface area contributed by atoms with Gasteiger partial charge >= 0.3 is 0 Å². The van der Waals surface area contributed by atoms with E-state index in [0.29, 0.717) is 42.6 Å². The lowest BCUT2D eigenvalue weighted by Crippen LogP contribution is -2.60. The molecule has 1 aromatic rings. The van der Waals surface area contributed by atoms with E-state index in [1.165, 1.54) is 6.07 Å². The fraction of sp³-hybridized carbons (Fsp3) is 0.655. The lowest BCUT2D eigenvalue weighted by atomic mass is 9.48. The van der Waals surface area contributed by atoms with Gasteiger partial charge in [-0.3, -0.25) is 19.7 Å². The summed E-state index contributed by atoms with van der Waals surface area (Å²) in [5.74, 6) is 2.01. The van der Waals surface area contributed by atoms with Gasteiger partial charge in [-0.25, -0.2) is 0 Å². The Labute approximate surface area is 213 Å². The first-order valence-electron chi connectivity index (χ1n) is 13.6. The Hall–Kier alpha value is -2.70. The maximum absolute atomic E-state index is 12.9. The van der Waals surface area contributed by atoms with Gasteiger partial charge in [0.15, 0.2) is 0 Å². The molecule has 1 aromatic carbocycles. The molecule has 4 aliphatic rings. The van der Waals surface area contributed by atoms with Crippen LogP contribution in [0.15, 0.2) is 36.4 Å². The van der Waals surface area contributed by atoms with Crippen molar-refractivity contribution in [1.29, 1.82) is 0 Å². The number of carbonyl (C=O) groups excluding carboxylic acids is 2. The highest BCUT2D eigenvalue weighted by Crippen LogP contribution is 2.63. The van der Waals surface area contributed by atoms with Gasteiger partial charge in [-0.05, 0) is 80.6 Å². The van der Waals surface area contributed by atoms with E-state index >= 15 is 0 Å². The minimum absolute atomic E-state index is 0.0360. The van der Waals surface area contributed by atoms with E-state index in [1.807, 2.05) is 18.0 Å². The maximum Gasteiger partial charge on any atom is 0.272 e. The summed E-state index contributed by atoms with van der Waals surface area (Å²) in [6, 6.07) is 7.27. The van der Waals surface area contributed by atoms with E-state index in [-0.39, 0.29) is 45.3 Å². The number of hydrogen-bond acceptors (Lipinski definition) is 4. The van der Waals surface area contributed by atoms with Crippen molar-refractivity contribution in [2.24, 2.45) is 28.6 Å². The topological polar surface area (TPSA) is 92.6 Å². The van der Waals surface area contributed by atoms with E-state index in [1.54, 1.807) is 18.2 Å². The maximum atomic E-state index is 12.9. The molecule has 0 saturated heterocycles. The molecule has 36 heavy (non-hydrogen) atoms. The molecular formula is C29H39N3O4. The molecule has 0 spiro atoms. The van der Waals surface area contributed by atoms with Gasteiger partial charge in [0.25, 0.3) is 5.69 Å².